The van der Waals surface area contributed by atoms with E-state index in [2.05, 4.69) is 24.3 Å². The van der Waals surface area contributed by atoms with Gasteiger partial charge in [-0.3, -0.25) is 9.98 Å². The van der Waals surface area contributed by atoms with E-state index in [0.717, 1.165) is 33.9 Å². The number of allylic oxidation sites excluding steroid dienone is 4. The van der Waals surface area contributed by atoms with Crippen molar-refractivity contribution in [1.29, 1.82) is 0 Å². The van der Waals surface area contributed by atoms with E-state index < -0.39 is 0 Å². The van der Waals surface area contributed by atoms with Gasteiger partial charge in [-0.2, -0.15) is 0 Å². The monoisotopic (exact) mass is 286 g/mol. The molecule has 0 radical (unpaired) electrons. The summed E-state index contributed by atoms with van der Waals surface area (Å²) < 4.78 is 0. The van der Waals surface area contributed by atoms with Gasteiger partial charge in [0.25, 0.3) is 0 Å². The van der Waals surface area contributed by atoms with Crippen LogP contribution in [0.5, 0.6) is 0 Å². The Labute approximate surface area is 131 Å². The molecule has 0 aromatic heterocycles. The van der Waals surface area contributed by atoms with Crippen molar-refractivity contribution in [3.05, 3.63) is 95.3 Å². The van der Waals surface area contributed by atoms with Crippen molar-refractivity contribution >= 4 is 11.4 Å². The van der Waals surface area contributed by atoms with Gasteiger partial charge in [-0.25, -0.2) is 0 Å². The summed E-state index contributed by atoms with van der Waals surface area (Å²) in [6.45, 7) is 4.02. The van der Waals surface area contributed by atoms with Crippen LogP contribution in [0.1, 0.15) is 25.0 Å². The Kier molecular flexibility index (Phi) is 4.10. The zero-order chi connectivity index (χ0) is 15.4. The van der Waals surface area contributed by atoms with Crippen LogP contribution in [0.15, 0.2) is 94.2 Å². The Bertz CT molecular complexity index is 709. The molecule has 2 nitrogen and oxygen atoms in total. The Hall–Kier alpha value is -2.74. The Morgan fingerprint density at radius 2 is 0.909 bits per heavy atom. The van der Waals surface area contributed by atoms with Crippen LogP contribution in [-0.2, 0) is 0 Å². The highest BCUT2D eigenvalue weighted by Gasteiger charge is 2.07. The number of hydrogen-bond donors (Lipinski definition) is 0. The first kappa shape index (κ1) is 14.2. The summed E-state index contributed by atoms with van der Waals surface area (Å²) in [6, 6.07) is 20.4. The van der Waals surface area contributed by atoms with E-state index in [9.17, 15) is 0 Å². The summed E-state index contributed by atoms with van der Waals surface area (Å²) in [4.78, 5) is 9.51. The van der Waals surface area contributed by atoms with Crippen LogP contribution in [0.4, 0.5) is 0 Å². The van der Waals surface area contributed by atoms with Crippen molar-refractivity contribution in [2.45, 2.75) is 13.8 Å². The standard InChI is InChI=1S/C20H18N2/c1-15-13-19(17-9-5-3-6-10-17)22-16(2)14-20(21-15)18-11-7-4-8-12-18/h3-14H,1-2H3/b15-13-,16-14?,19-13?,20-14?,21-15?,21-20?,22-16?,22-19?. The average Bonchev–Trinajstić information content (AvgIpc) is 2.54. The van der Waals surface area contributed by atoms with Gasteiger partial charge in [0.2, 0.25) is 0 Å². The third-order valence-corrected chi connectivity index (χ3v) is 3.42. The molecule has 2 aromatic rings. The molecule has 0 fully saturated rings. The van der Waals surface area contributed by atoms with Gasteiger partial charge in [-0.05, 0) is 26.0 Å². The lowest BCUT2D eigenvalue weighted by molar-refractivity contribution is 1.26. The molecular formula is C20H18N2. The molecule has 1 heterocycles. The minimum absolute atomic E-state index is 0.947. The lowest BCUT2D eigenvalue weighted by Crippen LogP contribution is -2.04. The molecule has 2 heteroatoms. The number of benzene rings is 2. The summed E-state index contributed by atoms with van der Waals surface area (Å²) in [6.07, 6.45) is 4.07. The van der Waals surface area contributed by atoms with E-state index >= 15 is 0 Å². The quantitative estimate of drug-likeness (QED) is 0.758. The van der Waals surface area contributed by atoms with E-state index in [4.69, 9.17) is 9.98 Å². The molecule has 0 aliphatic carbocycles. The van der Waals surface area contributed by atoms with Crippen molar-refractivity contribution in [3.8, 4) is 0 Å². The van der Waals surface area contributed by atoms with Gasteiger partial charge in [0.15, 0.2) is 0 Å². The highest BCUT2D eigenvalue weighted by Crippen LogP contribution is 2.15. The molecule has 0 bridgehead atoms. The fraction of sp³-hybridized carbons (Fsp3) is 0.100. The van der Waals surface area contributed by atoms with Gasteiger partial charge in [-0.15, -0.1) is 0 Å². The zero-order valence-electron chi connectivity index (χ0n) is 12.8. The molecule has 0 saturated heterocycles. The predicted molar refractivity (Wildman–Crippen MR) is 93.5 cm³/mol. The van der Waals surface area contributed by atoms with Crippen LogP contribution < -0.4 is 0 Å². The topological polar surface area (TPSA) is 24.7 Å². The van der Waals surface area contributed by atoms with Crippen LogP contribution in [0.2, 0.25) is 0 Å². The van der Waals surface area contributed by atoms with E-state index in [0.29, 0.717) is 0 Å². The number of hydrogen-bond acceptors (Lipinski definition) is 2. The van der Waals surface area contributed by atoms with Crippen molar-refractivity contribution in [1.82, 2.24) is 0 Å². The Morgan fingerprint density at radius 3 is 1.27 bits per heavy atom. The first-order valence-electron chi connectivity index (χ1n) is 7.37. The highest BCUT2D eigenvalue weighted by molar-refractivity contribution is 6.13. The van der Waals surface area contributed by atoms with Crippen molar-refractivity contribution < 1.29 is 0 Å². The third-order valence-electron chi connectivity index (χ3n) is 3.42. The van der Waals surface area contributed by atoms with Gasteiger partial charge in [-0.1, -0.05) is 60.7 Å². The minimum Gasteiger partial charge on any atom is -0.253 e. The summed E-state index contributed by atoms with van der Waals surface area (Å²) >= 11 is 0. The second-order valence-corrected chi connectivity index (χ2v) is 5.30. The predicted octanol–water partition coefficient (Wildman–Crippen LogP) is 4.79. The number of aliphatic imine (C=N–C) groups is 2. The largest absolute Gasteiger partial charge is 0.253 e. The average molecular weight is 286 g/mol. The lowest BCUT2D eigenvalue weighted by Gasteiger charge is -2.09. The third kappa shape index (κ3) is 3.29. The molecule has 108 valence electrons. The summed E-state index contributed by atoms with van der Waals surface area (Å²) in [5.41, 5.74) is 6.00. The van der Waals surface area contributed by atoms with Gasteiger partial charge in [0.1, 0.15) is 0 Å². The molecule has 0 saturated carbocycles. The van der Waals surface area contributed by atoms with Crippen LogP contribution in [0.3, 0.4) is 0 Å². The zero-order valence-corrected chi connectivity index (χ0v) is 12.8. The molecule has 3 rings (SSSR count). The molecule has 1 aliphatic rings. The number of rotatable bonds is 2. The Morgan fingerprint density at radius 1 is 0.545 bits per heavy atom. The molecule has 22 heavy (non-hydrogen) atoms. The van der Waals surface area contributed by atoms with Crippen molar-refractivity contribution in [2.75, 3.05) is 0 Å². The fourth-order valence-corrected chi connectivity index (χ4v) is 2.42. The van der Waals surface area contributed by atoms with Crippen LogP contribution in [0, 0.1) is 0 Å². The minimum atomic E-state index is 0.947. The molecule has 0 atom stereocenters. The fourth-order valence-electron chi connectivity index (χ4n) is 2.42. The lowest BCUT2D eigenvalue weighted by atomic mass is 10.1. The Balaban J connectivity index is 2.04. The second kappa shape index (κ2) is 6.35. The maximum Gasteiger partial charge on any atom is 0.0723 e. The molecule has 2 aromatic carbocycles. The molecule has 1 aliphatic heterocycles. The van der Waals surface area contributed by atoms with Crippen LogP contribution >= 0.6 is 0 Å². The molecule has 0 unspecified atom stereocenters. The summed E-state index contributed by atoms with van der Waals surface area (Å²) in [5, 5.41) is 0. The van der Waals surface area contributed by atoms with E-state index in [1.807, 2.05) is 62.4 Å². The maximum atomic E-state index is 4.75. The smallest absolute Gasteiger partial charge is 0.0723 e. The maximum absolute atomic E-state index is 4.75. The van der Waals surface area contributed by atoms with E-state index in [-0.39, 0.29) is 0 Å². The SMILES string of the molecule is CC1=CC(c2ccccc2)=N/C(C)=C\C(c2ccccc2)=N1. The first-order valence-corrected chi connectivity index (χ1v) is 7.37. The summed E-state index contributed by atoms with van der Waals surface area (Å²) in [7, 11) is 0. The summed E-state index contributed by atoms with van der Waals surface area (Å²) in [5.74, 6) is 0. The van der Waals surface area contributed by atoms with Crippen LogP contribution in [-0.4, -0.2) is 11.4 Å². The van der Waals surface area contributed by atoms with E-state index in [1.165, 1.54) is 0 Å². The van der Waals surface area contributed by atoms with Crippen LogP contribution in [0.25, 0.3) is 0 Å². The van der Waals surface area contributed by atoms with Gasteiger partial charge in [0.05, 0.1) is 11.4 Å². The normalized spacial score (nSPS) is 17.4. The van der Waals surface area contributed by atoms with Crippen molar-refractivity contribution in [3.63, 3.8) is 0 Å². The molecule has 0 N–H and O–H groups in total. The van der Waals surface area contributed by atoms with Gasteiger partial charge in [0, 0.05) is 22.5 Å². The molecule has 0 amide bonds. The number of nitrogens with zero attached hydrogens (tertiary/aromatic N) is 2. The first-order chi connectivity index (χ1) is 10.7. The van der Waals surface area contributed by atoms with Gasteiger partial charge >= 0.3 is 0 Å². The van der Waals surface area contributed by atoms with E-state index in [1.54, 1.807) is 0 Å². The second-order valence-electron chi connectivity index (χ2n) is 5.30. The van der Waals surface area contributed by atoms with Crippen molar-refractivity contribution in [2.24, 2.45) is 9.98 Å². The van der Waals surface area contributed by atoms with Gasteiger partial charge < -0.3 is 0 Å². The molecule has 0 spiro atoms. The molecular weight excluding hydrogens is 268 g/mol. The highest BCUT2D eigenvalue weighted by atomic mass is 14.8.